The minimum atomic E-state index is -0.478. The minimum Gasteiger partial charge on any atom is -0.484 e. The van der Waals surface area contributed by atoms with Gasteiger partial charge in [0.2, 0.25) is 0 Å². The van der Waals surface area contributed by atoms with Crippen LogP contribution in [0, 0.1) is 11.8 Å². The molecule has 1 aliphatic heterocycles. The number of aliphatic imine (C=N–C) groups is 1. The first kappa shape index (κ1) is 21.1. The fraction of sp³-hybridized carbons (Fsp3) is 0.619. The summed E-state index contributed by atoms with van der Waals surface area (Å²) in [5.74, 6) is 2.70. The van der Waals surface area contributed by atoms with E-state index in [9.17, 15) is 4.79 Å². The van der Waals surface area contributed by atoms with E-state index in [1.165, 1.54) is 19.3 Å². The molecule has 2 rings (SSSR count). The second-order valence-corrected chi connectivity index (χ2v) is 7.14. The van der Waals surface area contributed by atoms with Gasteiger partial charge in [-0.2, -0.15) is 0 Å². The maximum Gasteiger partial charge on any atom is 0.255 e. The summed E-state index contributed by atoms with van der Waals surface area (Å²) in [6.45, 7) is 10.2. The third kappa shape index (κ3) is 6.45. The number of carbonyl (C=O) groups excluding carboxylic acids is 1. The van der Waals surface area contributed by atoms with Crippen molar-refractivity contribution in [2.24, 2.45) is 22.6 Å². The molecule has 1 aromatic rings. The molecule has 1 fully saturated rings. The molecule has 0 aromatic heterocycles. The summed E-state index contributed by atoms with van der Waals surface area (Å²) in [5, 5.41) is 3.43. The van der Waals surface area contributed by atoms with Gasteiger partial charge in [0.25, 0.3) is 5.91 Å². The highest BCUT2D eigenvalue weighted by Crippen LogP contribution is 2.28. The van der Waals surface area contributed by atoms with E-state index >= 15 is 0 Å². The summed E-state index contributed by atoms with van der Waals surface area (Å²) in [6.07, 6.45) is 3.74. The normalized spacial score (nSPS) is 17.4. The van der Waals surface area contributed by atoms with E-state index in [-0.39, 0.29) is 6.61 Å². The van der Waals surface area contributed by atoms with E-state index in [0.717, 1.165) is 43.0 Å². The number of primary amides is 1. The molecule has 1 atom stereocenters. The third-order valence-electron chi connectivity index (χ3n) is 5.27. The summed E-state index contributed by atoms with van der Waals surface area (Å²) in [5.41, 5.74) is 6.18. The Bertz CT molecular complexity index is 628. The summed E-state index contributed by atoms with van der Waals surface area (Å²) in [6, 6.07) is 7.66. The second-order valence-electron chi connectivity index (χ2n) is 7.14. The number of benzene rings is 1. The van der Waals surface area contributed by atoms with Gasteiger partial charge in [-0.1, -0.05) is 38.8 Å². The Hall–Kier alpha value is -2.24. The molecular weight excluding hydrogens is 340 g/mol. The van der Waals surface area contributed by atoms with Gasteiger partial charge in [0.1, 0.15) is 5.75 Å². The van der Waals surface area contributed by atoms with Crippen LogP contribution >= 0.6 is 0 Å². The van der Waals surface area contributed by atoms with E-state index in [1.807, 2.05) is 24.3 Å². The van der Waals surface area contributed by atoms with Gasteiger partial charge in [0, 0.05) is 19.6 Å². The molecule has 1 amide bonds. The molecule has 1 saturated heterocycles. The predicted octanol–water partition coefficient (Wildman–Crippen LogP) is 2.77. The van der Waals surface area contributed by atoms with Crippen molar-refractivity contribution in [1.82, 2.24) is 10.2 Å². The van der Waals surface area contributed by atoms with Crippen LogP contribution < -0.4 is 15.8 Å². The fourth-order valence-electron chi connectivity index (χ4n) is 3.80. The molecule has 0 bridgehead atoms. The number of nitrogens with two attached hydrogens (primary N) is 1. The second kappa shape index (κ2) is 10.8. The lowest BCUT2D eigenvalue weighted by atomic mass is 9.87. The number of likely N-dealkylation sites (tertiary alicyclic amines) is 1. The van der Waals surface area contributed by atoms with Gasteiger partial charge in [-0.05, 0) is 42.9 Å². The lowest BCUT2D eigenvalue weighted by Crippen LogP contribution is -2.40. The molecule has 0 saturated carbocycles. The Morgan fingerprint density at radius 3 is 2.81 bits per heavy atom. The van der Waals surface area contributed by atoms with Crippen LogP contribution in [0.25, 0.3) is 0 Å². The maximum absolute atomic E-state index is 10.9. The van der Waals surface area contributed by atoms with Gasteiger partial charge in [0.15, 0.2) is 12.6 Å². The zero-order chi connectivity index (χ0) is 19.6. The quantitative estimate of drug-likeness (QED) is 0.514. The molecule has 1 unspecified atom stereocenters. The van der Waals surface area contributed by atoms with Crippen LogP contribution in [0.4, 0.5) is 0 Å². The highest BCUT2D eigenvalue weighted by molar-refractivity contribution is 5.80. The predicted molar refractivity (Wildman–Crippen MR) is 110 cm³/mol. The van der Waals surface area contributed by atoms with Gasteiger partial charge in [0.05, 0.1) is 6.54 Å². The van der Waals surface area contributed by atoms with Gasteiger partial charge in [-0.25, -0.2) is 4.99 Å². The Kier molecular flexibility index (Phi) is 8.43. The van der Waals surface area contributed by atoms with Crippen molar-refractivity contribution in [3.05, 3.63) is 29.8 Å². The molecule has 6 heteroatoms. The number of amides is 1. The SMILES string of the molecule is CCNC(=NCc1cccc(OCC(N)=O)c1)N1CCC(C(CC)CC)C1. The van der Waals surface area contributed by atoms with Crippen LogP contribution in [0.15, 0.2) is 29.3 Å². The van der Waals surface area contributed by atoms with Crippen LogP contribution in [0.1, 0.15) is 45.6 Å². The fourth-order valence-corrected chi connectivity index (χ4v) is 3.80. The van der Waals surface area contributed by atoms with Crippen LogP contribution in [0.3, 0.4) is 0 Å². The highest BCUT2D eigenvalue weighted by atomic mass is 16.5. The van der Waals surface area contributed by atoms with Crippen molar-refractivity contribution in [3.8, 4) is 5.75 Å². The molecule has 1 aliphatic rings. The van der Waals surface area contributed by atoms with Crippen molar-refractivity contribution in [1.29, 1.82) is 0 Å². The number of rotatable bonds is 9. The molecule has 0 spiro atoms. The van der Waals surface area contributed by atoms with Crippen molar-refractivity contribution in [2.45, 2.75) is 46.6 Å². The number of nitrogens with zero attached hydrogens (tertiary/aromatic N) is 2. The zero-order valence-electron chi connectivity index (χ0n) is 16.9. The number of hydrogen-bond donors (Lipinski definition) is 2. The van der Waals surface area contributed by atoms with Crippen LogP contribution in [-0.2, 0) is 11.3 Å². The van der Waals surface area contributed by atoms with E-state index in [1.54, 1.807) is 0 Å². The van der Waals surface area contributed by atoms with E-state index in [0.29, 0.717) is 12.3 Å². The molecule has 150 valence electrons. The van der Waals surface area contributed by atoms with Crippen molar-refractivity contribution in [2.75, 3.05) is 26.2 Å². The van der Waals surface area contributed by atoms with Crippen molar-refractivity contribution >= 4 is 11.9 Å². The summed E-state index contributed by atoms with van der Waals surface area (Å²) >= 11 is 0. The van der Waals surface area contributed by atoms with Crippen LogP contribution in [0.2, 0.25) is 0 Å². The summed E-state index contributed by atoms with van der Waals surface area (Å²) in [7, 11) is 0. The number of hydrogen-bond acceptors (Lipinski definition) is 3. The van der Waals surface area contributed by atoms with E-state index in [2.05, 4.69) is 31.0 Å². The molecule has 0 radical (unpaired) electrons. The number of ether oxygens (including phenoxy) is 1. The van der Waals surface area contributed by atoms with Gasteiger partial charge < -0.3 is 20.7 Å². The Morgan fingerprint density at radius 2 is 2.15 bits per heavy atom. The average molecular weight is 375 g/mol. The Balaban J connectivity index is 2.01. The average Bonchev–Trinajstić information content (AvgIpc) is 3.14. The van der Waals surface area contributed by atoms with E-state index in [4.69, 9.17) is 15.5 Å². The smallest absolute Gasteiger partial charge is 0.255 e. The summed E-state index contributed by atoms with van der Waals surface area (Å²) in [4.78, 5) is 18.1. The Morgan fingerprint density at radius 1 is 1.37 bits per heavy atom. The third-order valence-corrected chi connectivity index (χ3v) is 5.27. The lowest BCUT2D eigenvalue weighted by Gasteiger charge is -2.24. The molecule has 6 nitrogen and oxygen atoms in total. The van der Waals surface area contributed by atoms with Gasteiger partial charge in [-0.15, -0.1) is 0 Å². The topological polar surface area (TPSA) is 80.0 Å². The largest absolute Gasteiger partial charge is 0.484 e. The molecule has 27 heavy (non-hydrogen) atoms. The monoisotopic (exact) mass is 374 g/mol. The maximum atomic E-state index is 10.9. The lowest BCUT2D eigenvalue weighted by molar-refractivity contribution is -0.119. The first-order chi connectivity index (χ1) is 13.1. The molecule has 1 heterocycles. The molecule has 3 N–H and O–H groups in total. The molecule has 0 aliphatic carbocycles. The zero-order valence-corrected chi connectivity index (χ0v) is 16.9. The standard InChI is InChI=1S/C21H34N4O2/c1-4-17(5-2)18-10-11-25(14-18)21(23-6-3)24-13-16-8-7-9-19(12-16)27-15-20(22)26/h7-9,12,17-18H,4-6,10-11,13-15H2,1-3H3,(H2,22,26)(H,23,24). The molecular formula is C21H34N4O2. The first-order valence-electron chi connectivity index (χ1n) is 10.1. The highest BCUT2D eigenvalue weighted by Gasteiger charge is 2.29. The number of guanidine groups is 1. The number of carbonyl (C=O) groups is 1. The van der Waals surface area contributed by atoms with Crippen molar-refractivity contribution < 1.29 is 9.53 Å². The first-order valence-corrected chi connectivity index (χ1v) is 10.1. The van der Waals surface area contributed by atoms with Crippen LogP contribution in [-0.4, -0.2) is 43.0 Å². The van der Waals surface area contributed by atoms with E-state index < -0.39 is 5.91 Å². The van der Waals surface area contributed by atoms with Crippen molar-refractivity contribution in [3.63, 3.8) is 0 Å². The number of nitrogens with one attached hydrogen (secondary N) is 1. The minimum absolute atomic E-state index is 0.111. The Labute approximate surface area is 163 Å². The van der Waals surface area contributed by atoms with Gasteiger partial charge >= 0.3 is 0 Å². The summed E-state index contributed by atoms with van der Waals surface area (Å²) < 4.78 is 5.38. The van der Waals surface area contributed by atoms with Gasteiger partial charge in [-0.3, -0.25) is 4.79 Å². The molecule has 1 aromatic carbocycles. The van der Waals surface area contributed by atoms with Crippen LogP contribution in [0.5, 0.6) is 5.75 Å².